The van der Waals surface area contributed by atoms with Gasteiger partial charge < -0.3 is 9.88 Å². The number of hydrogen-bond acceptors (Lipinski definition) is 4. The van der Waals surface area contributed by atoms with E-state index in [-0.39, 0.29) is 11.7 Å². The topological polar surface area (TPSA) is 59.8 Å². The van der Waals surface area contributed by atoms with Gasteiger partial charge in [-0.3, -0.25) is 4.79 Å². The van der Waals surface area contributed by atoms with Crippen molar-refractivity contribution < 1.29 is 4.79 Å². The lowest BCUT2D eigenvalue weighted by Gasteiger charge is -2.12. The van der Waals surface area contributed by atoms with Gasteiger partial charge in [0.05, 0.1) is 5.75 Å². The van der Waals surface area contributed by atoms with E-state index in [1.807, 2.05) is 18.2 Å². The number of aryl methyl sites for hydroxylation is 2. The molecule has 0 radical (unpaired) electrons. The van der Waals surface area contributed by atoms with Gasteiger partial charge in [-0.1, -0.05) is 79.1 Å². The first-order valence-electron chi connectivity index (χ1n) is 9.75. The summed E-state index contributed by atoms with van der Waals surface area (Å²) in [5.74, 6) is 1.46. The number of halogens is 2. The van der Waals surface area contributed by atoms with Crippen LogP contribution in [0.2, 0.25) is 10.0 Å². The first-order chi connectivity index (χ1) is 14.4. The highest BCUT2D eigenvalue weighted by molar-refractivity contribution is 7.99. The summed E-state index contributed by atoms with van der Waals surface area (Å²) in [6.07, 6.45) is 1.70. The Kier molecular flexibility index (Phi) is 8.19. The maximum Gasteiger partial charge on any atom is 0.234 e. The Balaban J connectivity index is 1.64. The summed E-state index contributed by atoms with van der Waals surface area (Å²) in [4.78, 5) is 12.4. The predicted octanol–water partition coefficient (Wildman–Crippen LogP) is 5.76. The number of rotatable bonds is 9. The van der Waals surface area contributed by atoms with Crippen molar-refractivity contribution in [1.29, 1.82) is 0 Å². The highest BCUT2D eigenvalue weighted by Gasteiger charge is 2.15. The van der Waals surface area contributed by atoms with E-state index in [4.69, 9.17) is 23.2 Å². The van der Waals surface area contributed by atoms with Crippen LogP contribution in [0.5, 0.6) is 0 Å². The van der Waals surface area contributed by atoms with Crippen molar-refractivity contribution in [2.45, 2.75) is 38.4 Å². The van der Waals surface area contributed by atoms with Crippen LogP contribution in [0.3, 0.4) is 0 Å². The first-order valence-corrected chi connectivity index (χ1v) is 11.5. The minimum absolute atomic E-state index is 0.150. The summed E-state index contributed by atoms with van der Waals surface area (Å²) in [6.45, 7) is 5.13. The van der Waals surface area contributed by atoms with Crippen molar-refractivity contribution in [3.05, 3.63) is 70.0 Å². The Labute approximate surface area is 191 Å². The summed E-state index contributed by atoms with van der Waals surface area (Å²) in [6, 6.07) is 15.3. The third kappa shape index (κ3) is 6.76. The molecule has 5 nitrogen and oxygen atoms in total. The Morgan fingerprint density at radius 3 is 2.43 bits per heavy atom. The maximum absolute atomic E-state index is 12.4. The van der Waals surface area contributed by atoms with Crippen LogP contribution in [0.25, 0.3) is 0 Å². The Morgan fingerprint density at radius 2 is 1.77 bits per heavy atom. The smallest absolute Gasteiger partial charge is 0.234 e. The average molecular weight is 463 g/mol. The molecule has 8 heteroatoms. The van der Waals surface area contributed by atoms with E-state index >= 15 is 0 Å². The SMILES string of the molecule is CC(C)Cn1c(CCc2ccccc2)nnc1SCC(=O)Nc1cc(Cl)cc(Cl)c1. The van der Waals surface area contributed by atoms with Crippen molar-refractivity contribution in [3.63, 3.8) is 0 Å². The van der Waals surface area contributed by atoms with Crippen molar-refractivity contribution in [2.75, 3.05) is 11.1 Å². The van der Waals surface area contributed by atoms with Crippen LogP contribution in [-0.4, -0.2) is 26.4 Å². The van der Waals surface area contributed by atoms with E-state index in [2.05, 4.69) is 46.1 Å². The Hall–Kier alpha value is -2.02. The molecule has 0 spiro atoms. The number of hydrogen-bond donors (Lipinski definition) is 1. The number of thioether (sulfide) groups is 1. The molecule has 3 aromatic rings. The van der Waals surface area contributed by atoms with Gasteiger partial charge in [0.25, 0.3) is 0 Å². The summed E-state index contributed by atoms with van der Waals surface area (Å²) in [7, 11) is 0. The number of nitrogens with zero attached hydrogens (tertiary/aromatic N) is 3. The van der Waals surface area contributed by atoms with Crippen molar-refractivity contribution >= 4 is 46.6 Å². The molecular formula is C22H24Cl2N4OS. The summed E-state index contributed by atoms with van der Waals surface area (Å²) >= 11 is 13.4. The van der Waals surface area contributed by atoms with Crippen LogP contribution in [-0.2, 0) is 24.2 Å². The minimum atomic E-state index is -0.150. The summed E-state index contributed by atoms with van der Waals surface area (Å²) in [5.41, 5.74) is 1.84. The standard InChI is InChI=1S/C22H24Cl2N4OS/c1-15(2)13-28-20(9-8-16-6-4-3-5-7-16)26-27-22(28)30-14-21(29)25-19-11-17(23)10-18(24)12-19/h3-7,10-12,15H,8-9,13-14H2,1-2H3,(H,25,29). The third-order valence-corrected chi connectivity index (χ3v) is 5.70. The molecule has 30 heavy (non-hydrogen) atoms. The summed E-state index contributed by atoms with van der Waals surface area (Å²) < 4.78 is 2.13. The van der Waals surface area contributed by atoms with Crippen LogP contribution in [0.15, 0.2) is 53.7 Å². The van der Waals surface area contributed by atoms with Gasteiger partial charge in [-0.15, -0.1) is 10.2 Å². The molecule has 0 fully saturated rings. The molecule has 3 rings (SSSR count). The second kappa shape index (κ2) is 10.8. The fraction of sp³-hybridized carbons (Fsp3) is 0.318. The molecule has 0 unspecified atom stereocenters. The molecular weight excluding hydrogens is 439 g/mol. The summed E-state index contributed by atoms with van der Waals surface area (Å²) in [5, 5.41) is 13.3. The van der Waals surface area contributed by atoms with Gasteiger partial charge >= 0.3 is 0 Å². The number of nitrogens with one attached hydrogen (secondary N) is 1. The van der Waals surface area contributed by atoms with Crippen molar-refractivity contribution in [1.82, 2.24) is 14.8 Å². The maximum atomic E-state index is 12.4. The molecule has 0 saturated carbocycles. The van der Waals surface area contributed by atoms with Gasteiger partial charge in [0, 0.05) is 28.7 Å². The number of benzene rings is 2. The molecule has 1 N–H and O–H groups in total. The van der Waals surface area contributed by atoms with E-state index in [0.29, 0.717) is 21.7 Å². The number of carbonyl (C=O) groups excluding carboxylic acids is 1. The van der Waals surface area contributed by atoms with Crippen LogP contribution < -0.4 is 5.32 Å². The van der Waals surface area contributed by atoms with E-state index in [1.165, 1.54) is 17.3 Å². The van der Waals surface area contributed by atoms with E-state index in [1.54, 1.807) is 18.2 Å². The van der Waals surface area contributed by atoms with Crippen LogP contribution in [0, 0.1) is 5.92 Å². The zero-order valence-corrected chi connectivity index (χ0v) is 19.3. The van der Waals surface area contributed by atoms with Crippen LogP contribution in [0.1, 0.15) is 25.2 Å². The highest BCUT2D eigenvalue weighted by atomic mass is 35.5. The van der Waals surface area contributed by atoms with E-state index in [9.17, 15) is 4.79 Å². The molecule has 0 aliphatic carbocycles. The van der Waals surface area contributed by atoms with Gasteiger partial charge in [-0.2, -0.15) is 0 Å². The van der Waals surface area contributed by atoms with Gasteiger partial charge in [0.2, 0.25) is 5.91 Å². The fourth-order valence-corrected chi connectivity index (χ4v) is 4.31. The van der Waals surface area contributed by atoms with Gasteiger partial charge in [-0.25, -0.2) is 0 Å². The second-order valence-corrected chi connectivity index (χ2v) is 9.20. The Morgan fingerprint density at radius 1 is 1.07 bits per heavy atom. The quantitative estimate of drug-likeness (QED) is 0.410. The zero-order chi connectivity index (χ0) is 21.5. The first kappa shape index (κ1) is 22.7. The predicted molar refractivity (Wildman–Crippen MR) is 125 cm³/mol. The van der Waals surface area contributed by atoms with Crippen LogP contribution in [0.4, 0.5) is 5.69 Å². The number of carbonyl (C=O) groups is 1. The average Bonchev–Trinajstić information content (AvgIpc) is 3.05. The van der Waals surface area contributed by atoms with Gasteiger partial charge in [-0.05, 0) is 36.1 Å². The largest absolute Gasteiger partial charge is 0.325 e. The molecule has 0 atom stereocenters. The minimum Gasteiger partial charge on any atom is -0.325 e. The molecule has 1 aromatic heterocycles. The lowest BCUT2D eigenvalue weighted by Crippen LogP contribution is -2.15. The fourth-order valence-electron chi connectivity index (χ4n) is 3.01. The number of amides is 1. The van der Waals surface area contributed by atoms with Gasteiger partial charge in [0.1, 0.15) is 5.82 Å². The van der Waals surface area contributed by atoms with Gasteiger partial charge in [0.15, 0.2) is 5.16 Å². The molecule has 0 saturated heterocycles. The molecule has 158 valence electrons. The highest BCUT2D eigenvalue weighted by Crippen LogP contribution is 2.24. The molecule has 1 amide bonds. The van der Waals surface area contributed by atoms with Crippen LogP contribution >= 0.6 is 35.0 Å². The Bertz CT molecular complexity index is 972. The molecule has 0 aliphatic heterocycles. The molecule has 0 bridgehead atoms. The molecule has 2 aromatic carbocycles. The third-order valence-electron chi connectivity index (χ3n) is 4.30. The number of anilines is 1. The molecule has 1 heterocycles. The number of aromatic nitrogens is 3. The molecule has 0 aliphatic rings. The van der Waals surface area contributed by atoms with Crippen molar-refractivity contribution in [2.24, 2.45) is 5.92 Å². The van der Waals surface area contributed by atoms with Crippen molar-refractivity contribution in [3.8, 4) is 0 Å². The van der Waals surface area contributed by atoms with E-state index in [0.717, 1.165) is 30.4 Å². The van der Waals surface area contributed by atoms with E-state index < -0.39 is 0 Å². The normalized spacial score (nSPS) is 11.1. The lowest BCUT2D eigenvalue weighted by molar-refractivity contribution is -0.113. The second-order valence-electron chi connectivity index (χ2n) is 7.38. The lowest BCUT2D eigenvalue weighted by atomic mass is 10.1. The zero-order valence-electron chi connectivity index (χ0n) is 16.9. The monoisotopic (exact) mass is 462 g/mol.